The van der Waals surface area contributed by atoms with Crippen LogP contribution in [0, 0.1) is 0 Å². The van der Waals surface area contributed by atoms with Gasteiger partial charge >= 0.3 is 0 Å². The smallest absolute Gasteiger partial charge is 0.144 e. The standard InChI is InChI=1S/C9H8ClNO2/c1-5(12)7-4-11-9(10)6-2-3-13-8(6)7/h2-5,12H,1H3. The van der Waals surface area contributed by atoms with Gasteiger partial charge in [-0.05, 0) is 13.0 Å². The van der Waals surface area contributed by atoms with Crippen LogP contribution in [0.3, 0.4) is 0 Å². The Hall–Kier alpha value is -1.06. The Labute approximate surface area is 80.0 Å². The maximum absolute atomic E-state index is 9.39. The van der Waals surface area contributed by atoms with E-state index in [0.717, 1.165) is 5.39 Å². The van der Waals surface area contributed by atoms with E-state index in [1.54, 1.807) is 13.0 Å². The monoisotopic (exact) mass is 197 g/mol. The molecule has 0 aliphatic carbocycles. The normalized spacial score (nSPS) is 13.5. The lowest BCUT2D eigenvalue weighted by Gasteiger charge is -2.04. The highest BCUT2D eigenvalue weighted by Crippen LogP contribution is 2.28. The molecule has 0 amide bonds. The predicted molar refractivity (Wildman–Crippen MR) is 49.7 cm³/mol. The fourth-order valence-electron chi connectivity index (χ4n) is 1.25. The van der Waals surface area contributed by atoms with Crippen molar-refractivity contribution in [1.82, 2.24) is 4.98 Å². The summed E-state index contributed by atoms with van der Waals surface area (Å²) in [6.07, 6.45) is 2.46. The predicted octanol–water partition coefficient (Wildman–Crippen LogP) is 2.53. The molecular weight excluding hydrogens is 190 g/mol. The van der Waals surface area contributed by atoms with Crippen molar-refractivity contribution >= 4 is 22.6 Å². The number of aromatic nitrogens is 1. The second-order valence-electron chi connectivity index (χ2n) is 2.84. The van der Waals surface area contributed by atoms with Crippen molar-refractivity contribution in [2.45, 2.75) is 13.0 Å². The molecule has 0 aliphatic heterocycles. The van der Waals surface area contributed by atoms with Gasteiger partial charge in [-0.3, -0.25) is 0 Å². The van der Waals surface area contributed by atoms with Crippen molar-refractivity contribution in [2.24, 2.45) is 0 Å². The van der Waals surface area contributed by atoms with Gasteiger partial charge in [0, 0.05) is 11.8 Å². The van der Waals surface area contributed by atoms with Crippen LogP contribution < -0.4 is 0 Å². The highest BCUT2D eigenvalue weighted by molar-refractivity contribution is 6.34. The third kappa shape index (κ3) is 1.30. The van der Waals surface area contributed by atoms with Gasteiger partial charge in [0.2, 0.25) is 0 Å². The molecule has 4 heteroatoms. The van der Waals surface area contributed by atoms with Crippen molar-refractivity contribution < 1.29 is 9.52 Å². The molecular formula is C9H8ClNO2. The van der Waals surface area contributed by atoms with E-state index in [-0.39, 0.29) is 0 Å². The number of aliphatic hydroxyl groups excluding tert-OH is 1. The largest absolute Gasteiger partial charge is 0.464 e. The minimum Gasteiger partial charge on any atom is -0.464 e. The molecule has 1 N–H and O–H groups in total. The summed E-state index contributed by atoms with van der Waals surface area (Å²) in [7, 11) is 0. The fourth-order valence-corrected chi connectivity index (χ4v) is 1.44. The van der Waals surface area contributed by atoms with Gasteiger partial charge in [-0.15, -0.1) is 0 Å². The number of hydrogen-bond donors (Lipinski definition) is 1. The number of aliphatic hydroxyl groups is 1. The molecule has 0 saturated heterocycles. The Morgan fingerprint density at radius 1 is 1.62 bits per heavy atom. The van der Waals surface area contributed by atoms with Crippen LogP contribution in [0.4, 0.5) is 0 Å². The van der Waals surface area contributed by atoms with Gasteiger partial charge in [-0.1, -0.05) is 11.6 Å². The number of furan rings is 1. The third-order valence-corrected chi connectivity index (χ3v) is 2.22. The first-order valence-corrected chi connectivity index (χ1v) is 4.27. The van der Waals surface area contributed by atoms with Gasteiger partial charge in [0.1, 0.15) is 10.7 Å². The number of pyridine rings is 1. The molecule has 0 fully saturated rings. The van der Waals surface area contributed by atoms with Gasteiger partial charge in [-0.2, -0.15) is 0 Å². The average molecular weight is 198 g/mol. The van der Waals surface area contributed by atoms with Gasteiger partial charge in [0.15, 0.2) is 0 Å². The van der Waals surface area contributed by atoms with Crippen molar-refractivity contribution in [2.75, 3.05) is 0 Å². The molecule has 3 nitrogen and oxygen atoms in total. The number of fused-ring (bicyclic) bond motifs is 1. The SMILES string of the molecule is CC(O)c1cnc(Cl)c2ccoc12. The molecule has 0 aliphatic rings. The van der Waals surface area contributed by atoms with E-state index in [1.807, 2.05) is 0 Å². The molecule has 2 rings (SSSR count). The van der Waals surface area contributed by atoms with E-state index >= 15 is 0 Å². The van der Waals surface area contributed by atoms with Gasteiger partial charge in [-0.25, -0.2) is 4.98 Å². The Balaban J connectivity index is 2.78. The summed E-state index contributed by atoms with van der Waals surface area (Å²) >= 11 is 5.82. The third-order valence-electron chi connectivity index (χ3n) is 1.92. The molecule has 2 heterocycles. The molecule has 0 radical (unpaired) electrons. The van der Waals surface area contributed by atoms with E-state index in [9.17, 15) is 5.11 Å². The van der Waals surface area contributed by atoms with Crippen molar-refractivity contribution in [1.29, 1.82) is 0 Å². The Morgan fingerprint density at radius 2 is 2.38 bits per heavy atom. The number of nitrogens with zero attached hydrogens (tertiary/aromatic N) is 1. The summed E-state index contributed by atoms with van der Waals surface area (Å²) in [4.78, 5) is 3.95. The van der Waals surface area contributed by atoms with E-state index < -0.39 is 6.10 Å². The van der Waals surface area contributed by atoms with Crippen LogP contribution in [0.5, 0.6) is 0 Å². The molecule has 1 atom stereocenters. The summed E-state index contributed by atoms with van der Waals surface area (Å²) in [6.45, 7) is 1.66. The summed E-state index contributed by atoms with van der Waals surface area (Å²) in [6, 6.07) is 1.73. The quantitative estimate of drug-likeness (QED) is 0.715. The zero-order valence-electron chi connectivity index (χ0n) is 6.99. The molecule has 2 aromatic rings. The minimum absolute atomic E-state index is 0.396. The maximum atomic E-state index is 9.39. The molecule has 0 aromatic carbocycles. The molecule has 0 spiro atoms. The number of hydrogen-bond acceptors (Lipinski definition) is 3. The number of rotatable bonds is 1. The lowest BCUT2D eigenvalue weighted by Crippen LogP contribution is -1.92. The van der Waals surface area contributed by atoms with Gasteiger partial charge in [0.25, 0.3) is 0 Å². The molecule has 0 saturated carbocycles. The second kappa shape index (κ2) is 3.01. The first-order chi connectivity index (χ1) is 6.20. The zero-order valence-corrected chi connectivity index (χ0v) is 7.75. The molecule has 1 unspecified atom stereocenters. The first kappa shape index (κ1) is 8.53. The maximum Gasteiger partial charge on any atom is 0.144 e. The van der Waals surface area contributed by atoms with E-state index in [0.29, 0.717) is 16.3 Å². The van der Waals surface area contributed by atoms with Crippen LogP contribution >= 0.6 is 11.6 Å². The van der Waals surface area contributed by atoms with Crippen molar-refractivity contribution in [3.63, 3.8) is 0 Å². The van der Waals surface area contributed by atoms with Crippen LogP contribution in [0.25, 0.3) is 11.0 Å². The van der Waals surface area contributed by atoms with Crippen LogP contribution in [0.2, 0.25) is 5.15 Å². The van der Waals surface area contributed by atoms with Crippen LogP contribution in [0.15, 0.2) is 22.9 Å². The summed E-state index contributed by atoms with van der Waals surface area (Å²) in [5.41, 5.74) is 1.26. The topological polar surface area (TPSA) is 46.3 Å². The first-order valence-electron chi connectivity index (χ1n) is 3.90. The van der Waals surface area contributed by atoms with Crippen LogP contribution in [0.1, 0.15) is 18.6 Å². The molecule has 2 aromatic heterocycles. The van der Waals surface area contributed by atoms with Crippen molar-refractivity contribution in [3.05, 3.63) is 29.2 Å². The molecule has 0 bridgehead atoms. The number of halogens is 1. The molecule has 13 heavy (non-hydrogen) atoms. The summed E-state index contributed by atoms with van der Waals surface area (Å²) in [5.74, 6) is 0. The second-order valence-corrected chi connectivity index (χ2v) is 3.20. The van der Waals surface area contributed by atoms with E-state index in [2.05, 4.69) is 4.98 Å². The van der Waals surface area contributed by atoms with Crippen LogP contribution in [-0.4, -0.2) is 10.1 Å². The fraction of sp³-hybridized carbons (Fsp3) is 0.222. The lowest BCUT2D eigenvalue weighted by molar-refractivity contribution is 0.199. The summed E-state index contributed by atoms with van der Waals surface area (Å²) < 4.78 is 5.21. The highest BCUT2D eigenvalue weighted by atomic mass is 35.5. The Kier molecular flexibility index (Phi) is 1.98. The lowest BCUT2D eigenvalue weighted by atomic mass is 10.1. The zero-order chi connectivity index (χ0) is 9.42. The van der Waals surface area contributed by atoms with Gasteiger partial charge in [0.05, 0.1) is 17.8 Å². The molecule has 68 valence electrons. The Bertz CT molecular complexity index is 436. The van der Waals surface area contributed by atoms with Gasteiger partial charge < -0.3 is 9.52 Å². The highest BCUT2D eigenvalue weighted by Gasteiger charge is 2.12. The Morgan fingerprint density at radius 3 is 3.08 bits per heavy atom. The minimum atomic E-state index is -0.599. The van der Waals surface area contributed by atoms with E-state index in [4.69, 9.17) is 16.0 Å². The van der Waals surface area contributed by atoms with Crippen molar-refractivity contribution in [3.8, 4) is 0 Å². The summed E-state index contributed by atoms with van der Waals surface area (Å²) in [5, 5.41) is 10.5. The van der Waals surface area contributed by atoms with E-state index in [1.165, 1.54) is 12.5 Å². The van der Waals surface area contributed by atoms with Crippen LogP contribution in [-0.2, 0) is 0 Å². The average Bonchev–Trinajstić information content (AvgIpc) is 2.53.